The van der Waals surface area contributed by atoms with E-state index in [9.17, 15) is 9.90 Å². The number of hydrogen-bond acceptors (Lipinski definition) is 8. The largest absolute Gasteiger partial charge is 0.497 e. The van der Waals surface area contributed by atoms with Gasteiger partial charge in [0.2, 0.25) is 5.88 Å². The van der Waals surface area contributed by atoms with Crippen LogP contribution in [-0.4, -0.2) is 45.4 Å². The van der Waals surface area contributed by atoms with Gasteiger partial charge in [-0.1, -0.05) is 24.3 Å². The maximum Gasteiger partial charge on any atom is 0.259 e. The molecule has 0 radical (unpaired) electrons. The first-order chi connectivity index (χ1) is 16.1. The van der Waals surface area contributed by atoms with Crippen LogP contribution in [0, 0.1) is 0 Å². The van der Waals surface area contributed by atoms with Gasteiger partial charge in [-0.15, -0.1) is 5.10 Å². The maximum atomic E-state index is 13.1. The molecule has 0 bridgehead atoms. The Hall–Kier alpha value is -4.53. The number of aromatic hydroxyl groups is 1. The van der Waals surface area contributed by atoms with E-state index in [-0.39, 0.29) is 11.4 Å². The number of amides is 1. The molecule has 4 rings (SSSR count). The van der Waals surface area contributed by atoms with Crippen LogP contribution in [0.4, 0.5) is 0 Å². The SMILES string of the molecule is COc1ccc(C(NC(=O)c2cnc(-c3cccnn3)nc2O)c2ccc(OC)cc2)cc1. The highest BCUT2D eigenvalue weighted by atomic mass is 16.5. The van der Waals surface area contributed by atoms with Crippen LogP contribution in [0.1, 0.15) is 27.5 Å². The van der Waals surface area contributed by atoms with Crippen LogP contribution in [0.5, 0.6) is 17.4 Å². The molecule has 0 aliphatic carbocycles. The van der Waals surface area contributed by atoms with Gasteiger partial charge >= 0.3 is 0 Å². The van der Waals surface area contributed by atoms with Gasteiger partial charge in [-0.2, -0.15) is 10.1 Å². The van der Waals surface area contributed by atoms with Crippen LogP contribution in [0.15, 0.2) is 73.1 Å². The standard InChI is InChI=1S/C24H21N5O4/c1-32-17-9-5-15(6-10-17)21(16-7-11-18(33-2)12-8-16)27-23(30)19-14-25-22(28-24(19)31)20-4-3-13-26-29-20/h3-14,21H,1-2H3,(H,27,30)(H,25,28,31). The Morgan fingerprint density at radius 1 is 0.939 bits per heavy atom. The van der Waals surface area contributed by atoms with Gasteiger partial charge in [0.05, 0.1) is 20.3 Å². The first-order valence-corrected chi connectivity index (χ1v) is 10.0. The Morgan fingerprint density at radius 3 is 2.03 bits per heavy atom. The molecule has 0 fully saturated rings. The van der Waals surface area contributed by atoms with Crippen LogP contribution >= 0.6 is 0 Å². The summed E-state index contributed by atoms with van der Waals surface area (Å²) < 4.78 is 10.5. The highest BCUT2D eigenvalue weighted by Gasteiger charge is 2.22. The molecular weight excluding hydrogens is 422 g/mol. The molecule has 0 atom stereocenters. The summed E-state index contributed by atoms with van der Waals surface area (Å²) in [5, 5.41) is 21.1. The average molecular weight is 443 g/mol. The zero-order valence-electron chi connectivity index (χ0n) is 18.0. The van der Waals surface area contributed by atoms with Crippen LogP contribution < -0.4 is 14.8 Å². The second-order valence-corrected chi connectivity index (χ2v) is 6.99. The summed E-state index contributed by atoms with van der Waals surface area (Å²) in [5.74, 6) is 0.577. The van der Waals surface area contributed by atoms with E-state index in [0.717, 1.165) is 11.1 Å². The maximum absolute atomic E-state index is 13.1. The van der Waals surface area contributed by atoms with Gasteiger partial charge in [0, 0.05) is 12.4 Å². The number of aromatic nitrogens is 4. The molecule has 166 valence electrons. The zero-order chi connectivity index (χ0) is 23.2. The lowest BCUT2D eigenvalue weighted by atomic mass is 9.98. The summed E-state index contributed by atoms with van der Waals surface area (Å²) in [5.41, 5.74) is 1.97. The molecule has 9 nitrogen and oxygen atoms in total. The van der Waals surface area contributed by atoms with Crippen molar-refractivity contribution in [3.63, 3.8) is 0 Å². The number of benzene rings is 2. The lowest BCUT2D eigenvalue weighted by molar-refractivity contribution is 0.0939. The fourth-order valence-corrected chi connectivity index (χ4v) is 3.24. The summed E-state index contributed by atoms with van der Waals surface area (Å²) in [4.78, 5) is 21.3. The van der Waals surface area contributed by atoms with Crippen molar-refractivity contribution in [2.45, 2.75) is 6.04 Å². The van der Waals surface area contributed by atoms with E-state index in [1.54, 1.807) is 26.4 Å². The normalized spacial score (nSPS) is 10.6. The lowest BCUT2D eigenvalue weighted by Crippen LogP contribution is -2.29. The lowest BCUT2D eigenvalue weighted by Gasteiger charge is -2.20. The summed E-state index contributed by atoms with van der Waals surface area (Å²) >= 11 is 0. The Balaban J connectivity index is 1.64. The molecule has 33 heavy (non-hydrogen) atoms. The summed E-state index contributed by atoms with van der Waals surface area (Å²) in [6.45, 7) is 0. The van der Waals surface area contributed by atoms with E-state index in [4.69, 9.17) is 9.47 Å². The molecule has 0 spiro atoms. The van der Waals surface area contributed by atoms with E-state index in [0.29, 0.717) is 17.2 Å². The number of ether oxygens (including phenoxy) is 2. The number of nitrogens with one attached hydrogen (secondary N) is 1. The van der Waals surface area contributed by atoms with Gasteiger partial charge in [0.15, 0.2) is 5.82 Å². The minimum absolute atomic E-state index is 0.0605. The number of hydrogen-bond donors (Lipinski definition) is 2. The molecule has 4 aromatic rings. The van der Waals surface area contributed by atoms with Crippen molar-refractivity contribution in [3.8, 4) is 28.9 Å². The smallest absolute Gasteiger partial charge is 0.259 e. The number of rotatable bonds is 7. The van der Waals surface area contributed by atoms with Crippen molar-refractivity contribution in [1.29, 1.82) is 0 Å². The fraction of sp³-hybridized carbons (Fsp3) is 0.125. The van der Waals surface area contributed by atoms with Crippen molar-refractivity contribution in [3.05, 3.63) is 89.7 Å². The van der Waals surface area contributed by atoms with Crippen LogP contribution in [0.2, 0.25) is 0 Å². The molecule has 2 aromatic heterocycles. The third-order valence-electron chi connectivity index (χ3n) is 4.99. The predicted octanol–water partition coefficient (Wildman–Crippen LogP) is 3.18. The zero-order valence-corrected chi connectivity index (χ0v) is 18.0. The number of nitrogens with zero attached hydrogens (tertiary/aromatic N) is 4. The van der Waals surface area contributed by atoms with Crippen LogP contribution in [-0.2, 0) is 0 Å². The van der Waals surface area contributed by atoms with Gasteiger partial charge in [-0.25, -0.2) is 4.98 Å². The quantitative estimate of drug-likeness (QED) is 0.447. The minimum atomic E-state index is -0.533. The molecule has 2 aromatic carbocycles. The van der Waals surface area contributed by atoms with E-state index in [1.165, 1.54) is 12.4 Å². The van der Waals surface area contributed by atoms with Crippen molar-refractivity contribution < 1.29 is 19.4 Å². The number of methoxy groups -OCH3 is 2. The molecular formula is C24H21N5O4. The van der Waals surface area contributed by atoms with Crippen molar-refractivity contribution in [2.75, 3.05) is 14.2 Å². The number of carbonyl (C=O) groups is 1. The van der Waals surface area contributed by atoms with Crippen molar-refractivity contribution in [2.24, 2.45) is 0 Å². The molecule has 2 heterocycles. The summed E-state index contributed by atoms with van der Waals surface area (Å²) in [7, 11) is 3.18. The Labute approximate surface area is 190 Å². The summed E-state index contributed by atoms with van der Waals surface area (Å²) in [6.07, 6.45) is 2.78. The first kappa shape index (κ1) is 21.7. The third kappa shape index (κ3) is 4.87. The average Bonchev–Trinajstić information content (AvgIpc) is 2.88. The molecule has 0 saturated carbocycles. The highest BCUT2D eigenvalue weighted by molar-refractivity contribution is 5.96. The van der Waals surface area contributed by atoms with Gasteiger partial charge < -0.3 is 19.9 Å². The molecule has 9 heteroatoms. The Bertz CT molecular complexity index is 1180. The Morgan fingerprint density at radius 2 is 1.55 bits per heavy atom. The van der Waals surface area contributed by atoms with Crippen LogP contribution in [0.25, 0.3) is 11.5 Å². The van der Waals surface area contributed by atoms with Gasteiger partial charge in [-0.05, 0) is 47.5 Å². The molecule has 0 unspecified atom stereocenters. The predicted molar refractivity (Wildman–Crippen MR) is 120 cm³/mol. The number of carbonyl (C=O) groups excluding carboxylic acids is 1. The highest BCUT2D eigenvalue weighted by Crippen LogP contribution is 2.27. The van der Waals surface area contributed by atoms with E-state index in [2.05, 4.69) is 25.5 Å². The second kappa shape index (κ2) is 9.73. The molecule has 0 aliphatic heterocycles. The monoisotopic (exact) mass is 443 g/mol. The van der Waals surface area contributed by atoms with E-state index >= 15 is 0 Å². The third-order valence-corrected chi connectivity index (χ3v) is 4.99. The van der Waals surface area contributed by atoms with Crippen molar-refractivity contribution in [1.82, 2.24) is 25.5 Å². The second-order valence-electron chi connectivity index (χ2n) is 6.99. The van der Waals surface area contributed by atoms with E-state index < -0.39 is 17.8 Å². The van der Waals surface area contributed by atoms with Gasteiger partial charge in [0.25, 0.3) is 5.91 Å². The molecule has 0 saturated heterocycles. The molecule has 0 aliphatic rings. The first-order valence-electron chi connectivity index (χ1n) is 10.0. The van der Waals surface area contributed by atoms with Gasteiger partial charge in [-0.3, -0.25) is 4.79 Å². The molecule has 1 amide bonds. The van der Waals surface area contributed by atoms with Crippen molar-refractivity contribution >= 4 is 5.91 Å². The van der Waals surface area contributed by atoms with Gasteiger partial charge in [0.1, 0.15) is 22.8 Å². The fourth-order valence-electron chi connectivity index (χ4n) is 3.24. The Kier molecular flexibility index (Phi) is 6.40. The molecule has 2 N–H and O–H groups in total. The topological polar surface area (TPSA) is 119 Å². The van der Waals surface area contributed by atoms with E-state index in [1.807, 2.05) is 48.5 Å². The minimum Gasteiger partial charge on any atom is -0.497 e. The summed E-state index contributed by atoms with van der Waals surface area (Å²) in [6, 6.07) is 17.5. The van der Waals surface area contributed by atoms with Crippen LogP contribution in [0.3, 0.4) is 0 Å².